The Bertz CT molecular complexity index is 499. The third-order valence-corrected chi connectivity index (χ3v) is 1.98. The van der Waals surface area contributed by atoms with Gasteiger partial charge in [-0.25, -0.2) is 4.98 Å². The average molecular weight is 191 g/mol. The molecule has 0 aromatic carbocycles. The van der Waals surface area contributed by atoms with Crippen molar-refractivity contribution in [2.45, 2.75) is 6.92 Å². The number of aromatic nitrogens is 2. The van der Waals surface area contributed by atoms with Crippen LogP contribution in [0.3, 0.4) is 0 Å². The molecule has 0 radical (unpaired) electrons. The van der Waals surface area contributed by atoms with E-state index in [9.17, 15) is 4.79 Å². The largest absolute Gasteiger partial charge is 0.472 e. The van der Waals surface area contributed by atoms with Gasteiger partial charge in [0.1, 0.15) is 17.9 Å². The minimum absolute atomic E-state index is 0.228. The van der Waals surface area contributed by atoms with E-state index in [1.165, 1.54) is 12.5 Å². The first-order valence-corrected chi connectivity index (χ1v) is 4.07. The molecule has 0 atom stereocenters. The van der Waals surface area contributed by atoms with Gasteiger partial charge in [0.15, 0.2) is 0 Å². The van der Waals surface area contributed by atoms with E-state index in [2.05, 4.69) is 9.97 Å². The number of nitrogens with zero attached hydrogens (tertiary/aromatic N) is 1. The van der Waals surface area contributed by atoms with Gasteiger partial charge in [0.05, 0.1) is 17.4 Å². The predicted octanol–water partition coefficient (Wildman–Crippen LogP) is 0.921. The summed E-state index contributed by atoms with van der Waals surface area (Å²) in [5.74, 6) is 0.664. The summed E-state index contributed by atoms with van der Waals surface area (Å²) in [5, 5.41) is 0. The van der Waals surface area contributed by atoms with Gasteiger partial charge in [-0.1, -0.05) is 0 Å². The zero-order valence-corrected chi connectivity index (χ0v) is 7.57. The first-order valence-electron chi connectivity index (χ1n) is 4.07. The van der Waals surface area contributed by atoms with E-state index in [0.29, 0.717) is 17.0 Å². The number of rotatable bonds is 1. The third-order valence-electron chi connectivity index (χ3n) is 1.98. The van der Waals surface area contributed by atoms with Crippen LogP contribution in [0.15, 0.2) is 27.8 Å². The number of hydrogen-bond acceptors (Lipinski definition) is 4. The van der Waals surface area contributed by atoms with Gasteiger partial charge in [-0.3, -0.25) is 4.79 Å². The van der Waals surface area contributed by atoms with Crippen LogP contribution in [0, 0.1) is 6.92 Å². The Balaban J connectivity index is 2.63. The van der Waals surface area contributed by atoms with E-state index >= 15 is 0 Å². The Morgan fingerprint density at radius 1 is 1.57 bits per heavy atom. The molecule has 3 N–H and O–H groups in total. The fourth-order valence-corrected chi connectivity index (χ4v) is 1.09. The summed E-state index contributed by atoms with van der Waals surface area (Å²) in [6.07, 6.45) is 3.00. The lowest BCUT2D eigenvalue weighted by Gasteiger charge is -2.00. The van der Waals surface area contributed by atoms with Gasteiger partial charge in [0.2, 0.25) is 0 Å². The molecule has 0 bridgehead atoms. The van der Waals surface area contributed by atoms with Crippen molar-refractivity contribution in [1.82, 2.24) is 9.97 Å². The van der Waals surface area contributed by atoms with Crippen LogP contribution in [-0.4, -0.2) is 9.97 Å². The van der Waals surface area contributed by atoms with Gasteiger partial charge in [-0.15, -0.1) is 0 Å². The Labute approximate surface area is 79.6 Å². The predicted molar refractivity (Wildman–Crippen MR) is 51.7 cm³/mol. The lowest BCUT2D eigenvalue weighted by molar-refractivity contribution is 0.568. The molecule has 72 valence electrons. The van der Waals surface area contributed by atoms with Crippen molar-refractivity contribution in [3.63, 3.8) is 0 Å². The van der Waals surface area contributed by atoms with Crippen molar-refractivity contribution < 1.29 is 4.42 Å². The van der Waals surface area contributed by atoms with Crippen LogP contribution < -0.4 is 11.3 Å². The van der Waals surface area contributed by atoms with E-state index < -0.39 is 0 Å². The molecule has 0 saturated carbocycles. The van der Waals surface area contributed by atoms with Crippen molar-refractivity contribution in [1.29, 1.82) is 0 Å². The fourth-order valence-electron chi connectivity index (χ4n) is 1.09. The molecule has 0 amide bonds. The zero-order valence-electron chi connectivity index (χ0n) is 7.57. The van der Waals surface area contributed by atoms with Crippen LogP contribution in [0.5, 0.6) is 0 Å². The van der Waals surface area contributed by atoms with Gasteiger partial charge < -0.3 is 15.1 Å². The molecule has 0 aliphatic rings. The number of furan rings is 1. The second kappa shape index (κ2) is 3.02. The van der Waals surface area contributed by atoms with E-state index in [-0.39, 0.29) is 11.4 Å². The lowest BCUT2D eigenvalue weighted by Crippen LogP contribution is -2.15. The maximum absolute atomic E-state index is 11.3. The molecule has 14 heavy (non-hydrogen) atoms. The zero-order chi connectivity index (χ0) is 10.1. The van der Waals surface area contributed by atoms with Crippen molar-refractivity contribution in [3.8, 4) is 11.4 Å². The van der Waals surface area contributed by atoms with Gasteiger partial charge in [-0.05, 0) is 13.0 Å². The van der Waals surface area contributed by atoms with Crippen LogP contribution in [0.25, 0.3) is 11.4 Å². The highest BCUT2D eigenvalue weighted by Gasteiger charge is 2.06. The van der Waals surface area contributed by atoms with Crippen molar-refractivity contribution in [2.75, 3.05) is 5.73 Å². The Morgan fingerprint density at radius 2 is 2.36 bits per heavy atom. The molecule has 2 aromatic rings. The highest BCUT2D eigenvalue weighted by atomic mass is 16.3. The second-order valence-corrected chi connectivity index (χ2v) is 2.94. The van der Waals surface area contributed by atoms with Crippen LogP contribution in [0.4, 0.5) is 5.82 Å². The van der Waals surface area contributed by atoms with Crippen molar-refractivity contribution in [3.05, 3.63) is 34.5 Å². The standard InChI is InChI=1S/C9H9N3O2/c1-5-7(10)11-8(12-9(5)13)6-2-3-14-4-6/h2-4H,1H3,(H3,10,11,12,13). The van der Waals surface area contributed by atoms with E-state index in [0.717, 1.165) is 0 Å². The molecule has 5 heteroatoms. The van der Waals surface area contributed by atoms with Gasteiger partial charge in [0, 0.05) is 0 Å². The number of nitrogens with two attached hydrogens (primary N) is 1. The van der Waals surface area contributed by atoms with Crippen molar-refractivity contribution >= 4 is 5.82 Å². The average Bonchev–Trinajstić information content (AvgIpc) is 2.66. The normalized spacial score (nSPS) is 10.4. The number of H-pyrrole nitrogens is 1. The number of hydrogen-bond donors (Lipinski definition) is 2. The maximum atomic E-state index is 11.3. The molecule has 2 heterocycles. The summed E-state index contributed by atoms with van der Waals surface area (Å²) >= 11 is 0. The SMILES string of the molecule is Cc1c(N)nc(-c2ccoc2)[nH]c1=O. The first kappa shape index (κ1) is 8.55. The molecule has 2 rings (SSSR count). The molecular weight excluding hydrogens is 182 g/mol. The lowest BCUT2D eigenvalue weighted by atomic mass is 10.3. The number of anilines is 1. The van der Waals surface area contributed by atoms with Gasteiger partial charge in [-0.2, -0.15) is 0 Å². The number of aromatic amines is 1. The van der Waals surface area contributed by atoms with Crippen molar-refractivity contribution in [2.24, 2.45) is 0 Å². The third kappa shape index (κ3) is 1.28. The van der Waals surface area contributed by atoms with Crippen LogP contribution in [0.1, 0.15) is 5.56 Å². The monoisotopic (exact) mass is 191 g/mol. The molecule has 5 nitrogen and oxygen atoms in total. The molecule has 2 aromatic heterocycles. The van der Waals surface area contributed by atoms with Crippen LogP contribution >= 0.6 is 0 Å². The summed E-state index contributed by atoms with van der Waals surface area (Å²) in [5.41, 5.74) is 6.47. The first-order chi connectivity index (χ1) is 6.68. The Kier molecular flexibility index (Phi) is 1.85. The Morgan fingerprint density at radius 3 is 2.93 bits per heavy atom. The Hall–Kier alpha value is -2.04. The summed E-state index contributed by atoms with van der Waals surface area (Å²) in [4.78, 5) is 18.0. The van der Waals surface area contributed by atoms with E-state index in [1.54, 1.807) is 13.0 Å². The highest BCUT2D eigenvalue weighted by molar-refractivity contribution is 5.55. The maximum Gasteiger partial charge on any atom is 0.256 e. The number of nitrogen functional groups attached to an aromatic ring is 1. The molecule has 0 aliphatic carbocycles. The minimum Gasteiger partial charge on any atom is -0.472 e. The van der Waals surface area contributed by atoms with Gasteiger partial charge in [0.25, 0.3) is 5.56 Å². The van der Waals surface area contributed by atoms with E-state index in [1.807, 2.05) is 0 Å². The molecule has 0 unspecified atom stereocenters. The second-order valence-electron chi connectivity index (χ2n) is 2.94. The minimum atomic E-state index is -0.228. The quantitative estimate of drug-likeness (QED) is 0.701. The van der Waals surface area contributed by atoms with Crippen LogP contribution in [0.2, 0.25) is 0 Å². The molecule has 0 aliphatic heterocycles. The summed E-state index contributed by atoms with van der Waals surface area (Å²) in [6.45, 7) is 1.63. The molecule has 0 spiro atoms. The fraction of sp³-hybridized carbons (Fsp3) is 0.111. The van der Waals surface area contributed by atoms with E-state index in [4.69, 9.17) is 10.2 Å². The molecule has 0 fully saturated rings. The summed E-state index contributed by atoms with van der Waals surface area (Å²) in [7, 11) is 0. The molecule has 0 saturated heterocycles. The highest BCUT2D eigenvalue weighted by Crippen LogP contribution is 2.14. The summed E-state index contributed by atoms with van der Waals surface area (Å²) in [6, 6.07) is 1.70. The smallest absolute Gasteiger partial charge is 0.256 e. The topological polar surface area (TPSA) is 84.9 Å². The van der Waals surface area contributed by atoms with Crippen LogP contribution in [-0.2, 0) is 0 Å². The molecular formula is C9H9N3O2. The summed E-state index contributed by atoms with van der Waals surface area (Å²) < 4.78 is 4.88. The number of nitrogens with one attached hydrogen (secondary N) is 1. The van der Waals surface area contributed by atoms with Gasteiger partial charge >= 0.3 is 0 Å².